The van der Waals surface area contributed by atoms with E-state index < -0.39 is 0 Å². The first-order valence-corrected chi connectivity index (χ1v) is 4.10. The number of aldehydes is 1. The summed E-state index contributed by atoms with van der Waals surface area (Å²) < 4.78 is 0. The van der Waals surface area contributed by atoms with Gasteiger partial charge in [0.25, 0.3) is 0 Å². The van der Waals surface area contributed by atoms with Crippen molar-refractivity contribution in [1.82, 2.24) is 5.32 Å². The Bertz CT molecular complexity index is 299. The molecule has 0 saturated heterocycles. The summed E-state index contributed by atoms with van der Waals surface area (Å²) in [5.74, 6) is 0.439. The maximum atomic E-state index is 10.5. The van der Waals surface area contributed by atoms with Crippen molar-refractivity contribution in [2.45, 2.75) is 13.0 Å². The molecule has 0 radical (unpaired) electrons. The van der Waals surface area contributed by atoms with Gasteiger partial charge in [-0.05, 0) is 6.92 Å². The Morgan fingerprint density at radius 3 is 3.08 bits per heavy atom. The number of rotatable bonds is 1. The third kappa shape index (κ3) is 1.09. The fraction of sp³-hybridized carbons (Fsp3) is 0.300. The van der Waals surface area contributed by atoms with E-state index in [0.29, 0.717) is 12.0 Å². The van der Waals surface area contributed by atoms with Gasteiger partial charge in [-0.25, -0.2) is 0 Å². The SMILES string of the molecule is CC1=CC2C=CC(C=O)=CC2N1. The summed E-state index contributed by atoms with van der Waals surface area (Å²) in [5.41, 5.74) is 1.96. The van der Waals surface area contributed by atoms with Crippen molar-refractivity contribution in [3.05, 3.63) is 35.6 Å². The molecule has 2 nitrogen and oxygen atoms in total. The fourth-order valence-electron chi connectivity index (χ4n) is 1.69. The summed E-state index contributed by atoms with van der Waals surface area (Å²) in [7, 11) is 0. The first-order valence-electron chi connectivity index (χ1n) is 4.10. The van der Waals surface area contributed by atoms with Crippen LogP contribution >= 0.6 is 0 Å². The predicted octanol–water partition coefficient (Wildman–Crippen LogP) is 1.17. The minimum absolute atomic E-state index is 0.301. The Labute approximate surface area is 71.7 Å². The van der Waals surface area contributed by atoms with Gasteiger partial charge in [0.1, 0.15) is 6.29 Å². The van der Waals surface area contributed by atoms with Crippen LogP contribution in [0.4, 0.5) is 0 Å². The molecule has 2 aliphatic rings. The first-order chi connectivity index (χ1) is 5.79. The lowest BCUT2D eigenvalue weighted by Gasteiger charge is -2.17. The van der Waals surface area contributed by atoms with Crippen LogP contribution < -0.4 is 5.32 Å². The Kier molecular flexibility index (Phi) is 1.61. The summed E-state index contributed by atoms with van der Waals surface area (Å²) >= 11 is 0. The molecule has 0 aromatic rings. The molecule has 1 aliphatic carbocycles. The molecule has 2 atom stereocenters. The minimum Gasteiger partial charge on any atom is -0.382 e. The molecule has 2 heteroatoms. The van der Waals surface area contributed by atoms with Crippen molar-refractivity contribution >= 4 is 6.29 Å². The van der Waals surface area contributed by atoms with E-state index in [1.807, 2.05) is 19.1 Å². The van der Waals surface area contributed by atoms with Crippen LogP contribution in [-0.4, -0.2) is 12.3 Å². The van der Waals surface area contributed by atoms with Gasteiger partial charge in [0.15, 0.2) is 0 Å². The number of nitrogens with one attached hydrogen (secondary N) is 1. The molecule has 0 saturated carbocycles. The van der Waals surface area contributed by atoms with Crippen LogP contribution in [-0.2, 0) is 4.79 Å². The van der Waals surface area contributed by atoms with Crippen molar-refractivity contribution in [3.63, 3.8) is 0 Å². The normalized spacial score (nSPS) is 31.8. The van der Waals surface area contributed by atoms with Crippen LogP contribution in [0.5, 0.6) is 0 Å². The second-order valence-electron chi connectivity index (χ2n) is 3.24. The number of carbonyl (C=O) groups excluding carboxylic acids is 1. The molecule has 2 rings (SSSR count). The van der Waals surface area contributed by atoms with Gasteiger partial charge in [0.05, 0.1) is 6.04 Å². The molecule has 0 aromatic heterocycles. The highest BCUT2D eigenvalue weighted by Crippen LogP contribution is 2.23. The number of allylic oxidation sites excluding steroid dienone is 3. The van der Waals surface area contributed by atoms with E-state index in [-0.39, 0.29) is 0 Å². The Balaban J connectivity index is 2.23. The molecular weight excluding hydrogens is 150 g/mol. The third-order valence-corrected chi connectivity index (χ3v) is 2.27. The fourth-order valence-corrected chi connectivity index (χ4v) is 1.69. The van der Waals surface area contributed by atoms with Gasteiger partial charge in [0.2, 0.25) is 0 Å². The molecule has 0 aromatic carbocycles. The van der Waals surface area contributed by atoms with E-state index in [4.69, 9.17) is 0 Å². The van der Waals surface area contributed by atoms with Crippen LogP contribution in [0.15, 0.2) is 35.6 Å². The quantitative estimate of drug-likeness (QED) is 0.585. The van der Waals surface area contributed by atoms with Crippen molar-refractivity contribution < 1.29 is 4.79 Å². The van der Waals surface area contributed by atoms with Gasteiger partial charge >= 0.3 is 0 Å². The summed E-state index contributed by atoms with van der Waals surface area (Å²) in [6, 6.07) is 0.301. The molecule has 2 unspecified atom stereocenters. The molecule has 0 fully saturated rings. The van der Waals surface area contributed by atoms with E-state index in [1.54, 1.807) is 0 Å². The molecule has 0 amide bonds. The largest absolute Gasteiger partial charge is 0.382 e. The standard InChI is InChI=1S/C10H11NO/c1-7-4-9-3-2-8(6-12)5-10(9)11-7/h2-6,9-11H,1H3. The molecule has 1 heterocycles. The van der Waals surface area contributed by atoms with Gasteiger partial charge < -0.3 is 5.32 Å². The average Bonchev–Trinajstić information content (AvgIpc) is 2.43. The molecule has 0 spiro atoms. The van der Waals surface area contributed by atoms with Gasteiger partial charge in [0, 0.05) is 17.2 Å². The zero-order valence-electron chi connectivity index (χ0n) is 6.95. The second kappa shape index (κ2) is 2.63. The smallest absolute Gasteiger partial charge is 0.149 e. The first kappa shape index (κ1) is 7.35. The Morgan fingerprint density at radius 1 is 1.50 bits per heavy atom. The molecule has 1 aliphatic heterocycles. The Morgan fingerprint density at radius 2 is 2.33 bits per heavy atom. The highest BCUT2D eigenvalue weighted by Gasteiger charge is 2.23. The van der Waals surface area contributed by atoms with Crippen LogP contribution in [0.2, 0.25) is 0 Å². The topological polar surface area (TPSA) is 29.1 Å². The van der Waals surface area contributed by atoms with Crippen molar-refractivity contribution in [2.75, 3.05) is 0 Å². The average molecular weight is 161 g/mol. The van der Waals surface area contributed by atoms with Gasteiger partial charge in [-0.1, -0.05) is 24.3 Å². The van der Waals surface area contributed by atoms with Crippen molar-refractivity contribution in [1.29, 1.82) is 0 Å². The monoisotopic (exact) mass is 161 g/mol. The maximum Gasteiger partial charge on any atom is 0.149 e. The number of hydrogen-bond donors (Lipinski definition) is 1. The molecule has 1 N–H and O–H groups in total. The zero-order valence-corrected chi connectivity index (χ0v) is 6.95. The van der Waals surface area contributed by atoms with Gasteiger partial charge in [-0.2, -0.15) is 0 Å². The van der Waals surface area contributed by atoms with E-state index in [1.165, 1.54) is 5.70 Å². The lowest BCUT2D eigenvalue weighted by molar-refractivity contribution is -0.104. The number of carbonyl (C=O) groups is 1. The second-order valence-corrected chi connectivity index (χ2v) is 3.24. The molecular formula is C10H11NO. The maximum absolute atomic E-state index is 10.5. The van der Waals surface area contributed by atoms with E-state index in [9.17, 15) is 4.79 Å². The molecule has 12 heavy (non-hydrogen) atoms. The van der Waals surface area contributed by atoms with Crippen molar-refractivity contribution in [3.8, 4) is 0 Å². The van der Waals surface area contributed by atoms with E-state index in [0.717, 1.165) is 11.9 Å². The zero-order chi connectivity index (χ0) is 8.55. The summed E-state index contributed by atoms with van der Waals surface area (Å²) in [6.45, 7) is 2.04. The van der Waals surface area contributed by atoms with Crippen LogP contribution in [0.25, 0.3) is 0 Å². The number of fused-ring (bicyclic) bond motifs is 1. The molecule has 0 bridgehead atoms. The summed E-state index contributed by atoms with van der Waals surface area (Å²) in [6.07, 6.45) is 8.99. The van der Waals surface area contributed by atoms with E-state index in [2.05, 4.69) is 17.5 Å². The van der Waals surface area contributed by atoms with Crippen molar-refractivity contribution in [2.24, 2.45) is 5.92 Å². The van der Waals surface area contributed by atoms with Gasteiger partial charge in [-0.3, -0.25) is 4.79 Å². The summed E-state index contributed by atoms with van der Waals surface area (Å²) in [4.78, 5) is 10.5. The lowest BCUT2D eigenvalue weighted by atomic mass is 9.94. The summed E-state index contributed by atoms with van der Waals surface area (Å²) in [5, 5.41) is 3.29. The predicted molar refractivity (Wildman–Crippen MR) is 47.5 cm³/mol. The third-order valence-electron chi connectivity index (χ3n) is 2.27. The van der Waals surface area contributed by atoms with Crippen LogP contribution in [0.1, 0.15) is 6.92 Å². The highest BCUT2D eigenvalue weighted by molar-refractivity contribution is 5.78. The Hall–Kier alpha value is -1.31. The highest BCUT2D eigenvalue weighted by atomic mass is 16.1. The lowest BCUT2D eigenvalue weighted by Crippen LogP contribution is -2.26. The van der Waals surface area contributed by atoms with Gasteiger partial charge in [-0.15, -0.1) is 0 Å². The molecule has 62 valence electrons. The van der Waals surface area contributed by atoms with Crippen LogP contribution in [0, 0.1) is 5.92 Å². The van der Waals surface area contributed by atoms with Crippen LogP contribution in [0.3, 0.4) is 0 Å². The van der Waals surface area contributed by atoms with E-state index >= 15 is 0 Å². The minimum atomic E-state index is 0.301. The number of hydrogen-bond acceptors (Lipinski definition) is 2.